The van der Waals surface area contributed by atoms with Gasteiger partial charge in [0.1, 0.15) is 6.54 Å². The topological polar surface area (TPSA) is 137 Å². The molecule has 24 heavy (non-hydrogen) atoms. The first-order valence-electron chi connectivity index (χ1n) is 7.59. The second kappa shape index (κ2) is 6.64. The van der Waals surface area contributed by atoms with E-state index in [-0.39, 0.29) is 24.0 Å². The number of carbonyl (C=O) groups is 1. The van der Waals surface area contributed by atoms with Crippen LogP contribution in [0.2, 0.25) is 0 Å². The van der Waals surface area contributed by atoms with Crippen LogP contribution in [-0.2, 0) is 18.4 Å². The van der Waals surface area contributed by atoms with Crippen LogP contribution in [-0.4, -0.2) is 55.5 Å². The minimum absolute atomic E-state index is 0.00604. The van der Waals surface area contributed by atoms with Crippen LogP contribution in [0.4, 0.5) is 11.6 Å². The summed E-state index contributed by atoms with van der Waals surface area (Å²) in [6.07, 6.45) is 2.62. The molecule has 1 atom stereocenters. The van der Waals surface area contributed by atoms with E-state index in [4.69, 9.17) is 5.73 Å². The van der Waals surface area contributed by atoms with Crippen LogP contribution in [0.15, 0.2) is 17.1 Å². The normalized spacial score (nSPS) is 17.2. The highest BCUT2D eigenvalue weighted by molar-refractivity contribution is 5.75. The number of tetrazole rings is 1. The van der Waals surface area contributed by atoms with Crippen LogP contribution in [0, 0.1) is 5.92 Å². The van der Waals surface area contributed by atoms with Crippen molar-refractivity contribution in [1.29, 1.82) is 0 Å². The lowest BCUT2D eigenvalue weighted by Gasteiger charge is -2.18. The van der Waals surface area contributed by atoms with Gasteiger partial charge in [-0.3, -0.25) is 9.59 Å². The molecule has 3 heterocycles. The van der Waals surface area contributed by atoms with E-state index in [1.165, 1.54) is 9.36 Å². The molecule has 1 amide bonds. The maximum absolute atomic E-state index is 11.9. The van der Waals surface area contributed by atoms with Crippen molar-refractivity contribution in [2.75, 3.05) is 30.3 Å². The van der Waals surface area contributed by atoms with Gasteiger partial charge in [-0.2, -0.15) is 5.10 Å². The van der Waals surface area contributed by atoms with Gasteiger partial charge in [0.15, 0.2) is 0 Å². The van der Waals surface area contributed by atoms with Crippen molar-refractivity contribution in [2.24, 2.45) is 13.0 Å². The van der Waals surface area contributed by atoms with Gasteiger partial charge in [0.25, 0.3) is 5.56 Å². The second-order valence-electron chi connectivity index (χ2n) is 5.78. The SMILES string of the molecule is Cn1ncc(N2CCC(CNC(=O)Cn3nnnc3N)C2)cc1=O. The molecule has 11 heteroatoms. The Kier molecular flexibility index (Phi) is 4.40. The standard InChI is InChI=1S/C13H19N9O2/c1-20-12(24)4-10(6-16-20)21-3-2-9(7-21)5-15-11(23)8-22-13(14)17-18-19-22/h4,6,9H,2-3,5,7-8H2,1H3,(H,15,23)(H2,14,17,19). The average molecular weight is 333 g/mol. The van der Waals surface area contributed by atoms with Crippen molar-refractivity contribution in [1.82, 2.24) is 35.3 Å². The van der Waals surface area contributed by atoms with E-state index in [0.717, 1.165) is 25.2 Å². The van der Waals surface area contributed by atoms with Crippen molar-refractivity contribution in [3.8, 4) is 0 Å². The van der Waals surface area contributed by atoms with Gasteiger partial charge in [0.2, 0.25) is 11.9 Å². The maximum atomic E-state index is 11.9. The van der Waals surface area contributed by atoms with Crippen molar-refractivity contribution in [2.45, 2.75) is 13.0 Å². The Labute approximate surface area is 137 Å². The zero-order valence-electron chi connectivity index (χ0n) is 13.3. The molecule has 1 aliphatic heterocycles. The molecule has 0 aromatic carbocycles. The third-order valence-electron chi connectivity index (χ3n) is 4.05. The molecule has 2 aromatic heterocycles. The van der Waals surface area contributed by atoms with Crippen molar-refractivity contribution >= 4 is 17.5 Å². The molecular weight excluding hydrogens is 314 g/mol. The summed E-state index contributed by atoms with van der Waals surface area (Å²) in [5.74, 6) is 0.224. The minimum atomic E-state index is -0.192. The van der Waals surface area contributed by atoms with Crippen LogP contribution in [0.1, 0.15) is 6.42 Å². The number of nitrogens with two attached hydrogens (primary N) is 1. The summed E-state index contributed by atoms with van der Waals surface area (Å²) in [7, 11) is 1.62. The van der Waals surface area contributed by atoms with Crippen LogP contribution in [0.5, 0.6) is 0 Å². The molecule has 0 radical (unpaired) electrons. The summed E-state index contributed by atoms with van der Waals surface area (Å²) in [5.41, 5.74) is 6.20. The maximum Gasteiger partial charge on any atom is 0.268 e. The molecule has 0 bridgehead atoms. The van der Waals surface area contributed by atoms with Gasteiger partial charge in [-0.15, -0.1) is 0 Å². The summed E-state index contributed by atoms with van der Waals surface area (Å²) in [6, 6.07) is 1.58. The smallest absolute Gasteiger partial charge is 0.268 e. The minimum Gasteiger partial charge on any atom is -0.370 e. The molecule has 11 nitrogen and oxygen atoms in total. The van der Waals surface area contributed by atoms with E-state index in [9.17, 15) is 9.59 Å². The van der Waals surface area contributed by atoms with Gasteiger partial charge in [0, 0.05) is 32.7 Å². The molecule has 0 spiro atoms. The second-order valence-corrected chi connectivity index (χ2v) is 5.78. The fourth-order valence-electron chi connectivity index (χ4n) is 2.64. The molecule has 3 N–H and O–H groups in total. The number of rotatable bonds is 5. The fourth-order valence-corrected chi connectivity index (χ4v) is 2.64. The molecule has 3 rings (SSSR count). The number of nitrogens with zero attached hydrogens (tertiary/aromatic N) is 7. The molecule has 1 aliphatic rings. The number of aryl methyl sites for hydroxylation is 1. The van der Waals surface area contributed by atoms with Gasteiger partial charge in [0.05, 0.1) is 11.9 Å². The molecule has 0 saturated carbocycles. The van der Waals surface area contributed by atoms with E-state index in [1.54, 1.807) is 19.3 Å². The summed E-state index contributed by atoms with van der Waals surface area (Å²) >= 11 is 0. The fraction of sp³-hybridized carbons (Fsp3) is 0.538. The largest absolute Gasteiger partial charge is 0.370 e. The number of nitrogen functional groups attached to an aromatic ring is 1. The summed E-state index contributed by atoms with van der Waals surface area (Å²) in [6.45, 7) is 2.14. The molecular formula is C13H19N9O2. The number of aromatic nitrogens is 6. The molecule has 1 fully saturated rings. The van der Waals surface area contributed by atoms with Crippen LogP contribution in [0.3, 0.4) is 0 Å². The van der Waals surface area contributed by atoms with Gasteiger partial charge in [-0.1, -0.05) is 5.10 Å². The first kappa shape index (κ1) is 15.9. The number of hydrogen-bond acceptors (Lipinski definition) is 8. The third-order valence-corrected chi connectivity index (χ3v) is 4.05. The first-order chi connectivity index (χ1) is 11.5. The molecule has 1 saturated heterocycles. The predicted molar refractivity (Wildman–Crippen MR) is 85.0 cm³/mol. The summed E-state index contributed by atoms with van der Waals surface area (Å²) in [4.78, 5) is 25.7. The lowest BCUT2D eigenvalue weighted by molar-refractivity contribution is -0.122. The van der Waals surface area contributed by atoms with Gasteiger partial charge >= 0.3 is 0 Å². The van der Waals surface area contributed by atoms with Gasteiger partial charge in [-0.05, 0) is 22.8 Å². The predicted octanol–water partition coefficient (Wildman–Crippen LogP) is -2.01. The molecule has 2 aromatic rings. The summed E-state index contributed by atoms with van der Waals surface area (Å²) < 4.78 is 2.53. The van der Waals surface area contributed by atoms with E-state index >= 15 is 0 Å². The van der Waals surface area contributed by atoms with Crippen LogP contribution < -0.4 is 21.5 Å². The Balaban J connectivity index is 1.49. The van der Waals surface area contributed by atoms with Gasteiger partial charge < -0.3 is 16.0 Å². The Morgan fingerprint density at radius 1 is 1.50 bits per heavy atom. The van der Waals surface area contributed by atoms with E-state index < -0.39 is 0 Å². The van der Waals surface area contributed by atoms with E-state index in [0.29, 0.717) is 12.5 Å². The highest BCUT2D eigenvalue weighted by atomic mass is 16.2. The number of hydrogen-bond donors (Lipinski definition) is 2. The number of amides is 1. The Morgan fingerprint density at radius 3 is 3.04 bits per heavy atom. The van der Waals surface area contributed by atoms with E-state index in [2.05, 4.69) is 30.8 Å². The first-order valence-corrected chi connectivity index (χ1v) is 7.59. The molecule has 128 valence electrons. The zero-order valence-corrected chi connectivity index (χ0v) is 13.3. The number of carbonyl (C=O) groups excluding carboxylic acids is 1. The number of nitrogens with one attached hydrogen (secondary N) is 1. The zero-order chi connectivity index (χ0) is 17.1. The lowest BCUT2D eigenvalue weighted by atomic mass is 10.1. The quantitative estimate of drug-likeness (QED) is 0.640. The molecule has 1 unspecified atom stereocenters. The highest BCUT2D eigenvalue weighted by Crippen LogP contribution is 2.21. The molecule has 0 aliphatic carbocycles. The monoisotopic (exact) mass is 333 g/mol. The van der Waals surface area contributed by atoms with Crippen molar-refractivity contribution in [3.63, 3.8) is 0 Å². The van der Waals surface area contributed by atoms with Gasteiger partial charge in [-0.25, -0.2) is 9.36 Å². The highest BCUT2D eigenvalue weighted by Gasteiger charge is 2.23. The number of anilines is 2. The Morgan fingerprint density at radius 2 is 2.33 bits per heavy atom. The Hall–Kier alpha value is -2.98. The van der Waals surface area contributed by atoms with Crippen LogP contribution >= 0.6 is 0 Å². The van der Waals surface area contributed by atoms with Crippen LogP contribution in [0.25, 0.3) is 0 Å². The average Bonchev–Trinajstić information content (AvgIpc) is 3.18. The summed E-state index contributed by atoms with van der Waals surface area (Å²) in [5, 5.41) is 17.4. The van der Waals surface area contributed by atoms with E-state index in [1.807, 2.05) is 0 Å². The van der Waals surface area contributed by atoms with Crippen molar-refractivity contribution < 1.29 is 4.79 Å². The third kappa shape index (κ3) is 3.50. The van der Waals surface area contributed by atoms with Crippen molar-refractivity contribution in [3.05, 3.63) is 22.6 Å². The Bertz CT molecular complexity index is 784. The lowest BCUT2D eigenvalue weighted by Crippen LogP contribution is -2.34.